The lowest BCUT2D eigenvalue weighted by Crippen LogP contribution is -2.71. The van der Waals surface area contributed by atoms with Crippen LogP contribution >= 0.6 is 23.6 Å². The highest BCUT2D eigenvalue weighted by Gasteiger charge is 2.66. The van der Waals surface area contributed by atoms with Crippen LogP contribution in [-0.4, -0.2) is 39.4 Å². The number of ether oxygens (including phenoxy) is 1. The molecule has 6 nitrogen and oxygen atoms in total. The van der Waals surface area contributed by atoms with Crippen molar-refractivity contribution in [2.45, 2.75) is 44.4 Å². The molecule has 3 aliphatic rings. The number of rotatable bonds is 4. The lowest BCUT2D eigenvalue weighted by molar-refractivity contribution is -0.179. The van der Waals surface area contributed by atoms with Gasteiger partial charge in [0.1, 0.15) is 6.54 Å². The molecule has 3 fully saturated rings. The van der Waals surface area contributed by atoms with E-state index in [1.165, 1.54) is 19.3 Å². The summed E-state index contributed by atoms with van der Waals surface area (Å²) in [5.41, 5.74) is 0.200. The molecule has 0 radical (unpaired) electrons. The van der Waals surface area contributed by atoms with Gasteiger partial charge in [0, 0.05) is 24.0 Å². The summed E-state index contributed by atoms with van der Waals surface area (Å²) in [6.45, 7) is 1.03. The summed E-state index contributed by atoms with van der Waals surface area (Å²) >= 11 is 6.91. The lowest BCUT2D eigenvalue weighted by atomic mass is 9.46. The predicted octanol–water partition coefficient (Wildman–Crippen LogP) is 2.74. The molecular weight excluding hydrogens is 356 g/mol. The molecule has 8 heteroatoms. The third-order valence-electron chi connectivity index (χ3n) is 6.15. The van der Waals surface area contributed by atoms with E-state index in [2.05, 4.69) is 15.5 Å². The van der Waals surface area contributed by atoms with Gasteiger partial charge in [0.15, 0.2) is 10.6 Å². The van der Waals surface area contributed by atoms with Gasteiger partial charge in [-0.3, -0.25) is 14.5 Å². The molecule has 25 heavy (non-hydrogen) atoms. The van der Waals surface area contributed by atoms with Crippen LogP contribution in [0.5, 0.6) is 0 Å². The smallest absolute Gasteiger partial charge is 0.240 e. The summed E-state index contributed by atoms with van der Waals surface area (Å²) < 4.78 is 8.19. The monoisotopic (exact) mass is 376 g/mol. The number of carbonyl (C=O) groups is 1. The van der Waals surface area contributed by atoms with E-state index in [1.807, 2.05) is 17.5 Å². The molecule has 1 aliphatic heterocycles. The van der Waals surface area contributed by atoms with Crippen molar-refractivity contribution < 1.29 is 9.53 Å². The minimum Gasteiger partial charge on any atom is -0.377 e. The fourth-order valence-corrected chi connectivity index (χ4v) is 5.80. The Balaban J connectivity index is 1.34. The van der Waals surface area contributed by atoms with Gasteiger partial charge in [-0.1, -0.05) is 12.5 Å². The van der Waals surface area contributed by atoms with Crippen LogP contribution in [0.2, 0.25) is 0 Å². The minimum absolute atomic E-state index is 0.0110. The zero-order valence-corrected chi connectivity index (χ0v) is 15.4. The van der Waals surface area contributed by atoms with E-state index in [4.69, 9.17) is 17.0 Å². The molecule has 0 aromatic carbocycles. The van der Waals surface area contributed by atoms with Crippen LogP contribution in [0.3, 0.4) is 0 Å². The lowest BCUT2D eigenvalue weighted by Gasteiger charge is -2.63. The number of nitrogens with zero attached hydrogens (tertiary/aromatic N) is 2. The molecule has 0 bridgehead atoms. The van der Waals surface area contributed by atoms with Crippen molar-refractivity contribution in [2.24, 2.45) is 11.3 Å². The summed E-state index contributed by atoms with van der Waals surface area (Å²) in [7, 11) is 0. The van der Waals surface area contributed by atoms with Gasteiger partial charge in [0.05, 0.1) is 11.0 Å². The highest BCUT2D eigenvalue weighted by atomic mass is 32.1. The van der Waals surface area contributed by atoms with Gasteiger partial charge < -0.3 is 10.1 Å². The van der Waals surface area contributed by atoms with Gasteiger partial charge in [0.25, 0.3) is 0 Å². The van der Waals surface area contributed by atoms with Gasteiger partial charge in [-0.2, -0.15) is 5.10 Å². The van der Waals surface area contributed by atoms with Crippen molar-refractivity contribution in [2.75, 3.05) is 6.61 Å². The maximum absolute atomic E-state index is 12.7. The van der Waals surface area contributed by atoms with E-state index in [1.54, 1.807) is 15.9 Å². The number of hydrogen-bond acceptors (Lipinski definition) is 5. The third kappa shape index (κ3) is 2.27. The summed E-state index contributed by atoms with van der Waals surface area (Å²) in [4.78, 5) is 13.7. The SMILES string of the molecule is O=C(Cn1c(-c2cccs2)n[nH]c1=S)N[C@@H]1[C@H]2CCO[C@H]2C12CCC2. The average Bonchev–Trinajstić information content (AvgIpc) is 3.26. The quantitative estimate of drug-likeness (QED) is 0.805. The summed E-state index contributed by atoms with van der Waals surface area (Å²) in [5, 5.41) is 12.4. The molecule has 3 heterocycles. The maximum atomic E-state index is 12.7. The van der Waals surface area contributed by atoms with E-state index in [0.29, 0.717) is 16.8 Å². The second-order valence-electron chi connectivity index (χ2n) is 7.29. The van der Waals surface area contributed by atoms with Crippen molar-refractivity contribution in [3.63, 3.8) is 0 Å². The molecular formula is C17H20N4O2S2. The molecule has 2 N–H and O–H groups in total. The first-order valence-electron chi connectivity index (χ1n) is 8.79. The highest BCUT2D eigenvalue weighted by Crippen LogP contribution is 2.62. The van der Waals surface area contributed by atoms with Crippen LogP contribution in [-0.2, 0) is 16.1 Å². The van der Waals surface area contributed by atoms with E-state index in [0.717, 1.165) is 23.7 Å². The van der Waals surface area contributed by atoms with Crippen molar-refractivity contribution >= 4 is 29.5 Å². The number of fused-ring (bicyclic) bond motifs is 2. The molecule has 1 spiro atoms. The van der Waals surface area contributed by atoms with Gasteiger partial charge in [-0.05, 0) is 42.9 Å². The molecule has 1 amide bonds. The predicted molar refractivity (Wildman–Crippen MR) is 96.8 cm³/mol. The van der Waals surface area contributed by atoms with Gasteiger partial charge >= 0.3 is 0 Å². The normalized spacial score (nSPS) is 29.0. The largest absolute Gasteiger partial charge is 0.377 e. The Labute approximate surface area is 154 Å². The van der Waals surface area contributed by atoms with Crippen molar-refractivity contribution in [1.29, 1.82) is 0 Å². The number of hydrogen-bond donors (Lipinski definition) is 2. The van der Waals surface area contributed by atoms with Crippen LogP contribution in [0, 0.1) is 16.1 Å². The fourth-order valence-electron chi connectivity index (χ4n) is 4.88. The van der Waals surface area contributed by atoms with Gasteiger partial charge in [0.2, 0.25) is 5.91 Å². The first-order valence-corrected chi connectivity index (χ1v) is 10.1. The Morgan fingerprint density at radius 1 is 1.56 bits per heavy atom. The Hall–Kier alpha value is -1.51. The average molecular weight is 377 g/mol. The summed E-state index contributed by atoms with van der Waals surface area (Å²) in [6, 6.07) is 4.21. The van der Waals surface area contributed by atoms with Gasteiger partial charge in [-0.25, -0.2) is 0 Å². The Bertz CT molecular complexity index is 852. The number of aromatic nitrogens is 3. The Morgan fingerprint density at radius 2 is 2.44 bits per heavy atom. The minimum atomic E-state index is 0.0110. The van der Waals surface area contributed by atoms with Crippen LogP contribution in [0.4, 0.5) is 0 Å². The van der Waals surface area contributed by atoms with E-state index in [-0.39, 0.29) is 23.9 Å². The molecule has 3 atom stereocenters. The van der Waals surface area contributed by atoms with Crippen molar-refractivity contribution in [3.8, 4) is 10.7 Å². The van der Waals surface area contributed by atoms with Crippen LogP contribution in [0.15, 0.2) is 17.5 Å². The fraction of sp³-hybridized carbons (Fsp3) is 0.588. The molecule has 0 unspecified atom stereocenters. The van der Waals surface area contributed by atoms with Crippen molar-refractivity contribution in [3.05, 3.63) is 22.3 Å². The topological polar surface area (TPSA) is 71.9 Å². The van der Waals surface area contributed by atoms with E-state index < -0.39 is 0 Å². The number of amides is 1. The summed E-state index contributed by atoms with van der Waals surface area (Å²) in [5.74, 6) is 1.22. The molecule has 2 saturated carbocycles. The van der Waals surface area contributed by atoms with E-state index in [9.17, 15) is 4.79 Å². The Kier molecular flexibility index (Phi) is 3.62. The standard InChI is InChI=1S/C17H20N4O2S2/c22-12(9-21-15(19-20-16(21)24)11-3-1-8-25-11)18-13-10-4-7-23-14(10)17(13)5-2-6-17/h1,3,8,10,13-14H,2,4-7,9H2,(H,18,22)(H,20,24)/t10-,13-,14-/m1/s1. The van der Waals surface area contributed by atoms with Crippen LogP contribution < -0.4 is 5.32 Å². The third-order valence-corrected chi connectivity index (χ3v) is 7.33. The zero-order valence-electron chi connectivity index (χ0n) is 13.7. The molecule has 2 aromatic heterocycles. The first-order chi connectivity index (χ1) is 12.2. The number of thiophene rings is 1. The van der Waals surface area contributed by atoms with Crippen LogP contribution in [0.25, 0.3) is 10.7 Å². The highest BCUT2D eigenvalue weighted by molar-refractivity contribution is 7.71. The van der Waals surface area contributed by atoms with Crippen LogP contribution in [0.1, 0.15) is 25.7 Å². The second kappa shape index (κ2) is 5.75. The second-order valence-corrected chi connectivity index (χ2v) is 8.63. The van der Waals surface area contributed by atoms with Gasteiger partial charge in [-0.15, -0.1) is 11.3 Å². The van der Waals surface area contributed by atoms with E-state index >= 15 is 0 Å². The number of aromatic amines is 1. The van der Waals surface area contributed by atoms with Crippen molar-refractivity contribution in [1.82, 2.24) is 20.1 Å². The zero-order chi connectivity index (χ0) is 17.0. The number of H-pyrrole nitrogens is 1. The molecule has 5 rings (SSSR count). The molecule has 132 valence electrons. The number of nitrogens with one attached hydrogen (secondary N) is 2. The maximum Gasteiger partial charge on any atom is 0.240 e. The summed E-state index contributed by atoms with van der Waals surface area (Å²) in [6.07, 6.45) is 5.01. The molecule has 2 aromatic rings. The molecule has 2 aliphatic carbocycles. The number of carbonyl (C=O) groups excluding carboxylic acids is 1. The molecule has 1 saturated heterocycles. The first kappa shape index (κ1) is 15.7. The Morgan fingerprint density at radius 3 is 3.16 bits per heavy atom.